The standard InChI is InChI=1S/C23H21N3O2S/c1-16-10-11-17(2)20(13-16)21(27)15-29-23-25-24-22(18-7-4-3-5-8-18)26(23)14-19-9-6-12-28-19/h3-13H,14-15H2,1-2H3. The molecular formula is C23H21N3O2S. The molecule has 0 aliphatic heterocycles. The van der Waals surface area contributed by atoms with Gasteiger partial charge in [0.1, 0.15) is 5.76 Å². The third-order valence-electron chi connectivity index (χ3n) is 4.67. The number of nitrogens with zero attached hydrogens (tertiary/aromatic N) is 3. The van der Waals surface area contributed by atoms with E-state index in [1.165, 1.54) is 11.8 Å². The van der Waals surface area contributed by atoms with Crippen molar-refractivity contribution in [2.45, 2.75) is 25.5 Å². The van der Waals surface area contributed by atoms with Crippen molar-refractivity contribution in [3.63, 3.8) is 0 Å². The smallest absolute Gasteiger partial charge is 0.192 e. The van der Waals surface area contributed by atoms with Crippen LogP contribution < -0.4 is 0 Å². The molecule has 0 radical (unpaired) electrons. The molecule has 0 aliphatic carbocycles. The number of ketones is 1. The minimum atomic E-state index is 0.0880. The molecule has 2 aromatic heterocycles. The SMILES string of the molecule is Cc1ccc(C)c(C(=O)CSc2nnc(-c3ccccc3)n2Cc2ccco2)c1. The molecule has 0 atom stereocenters. The average Bonchev–Trinajstić information content (AvgIpc) is 3.39. The molecule has 5 nitrogen and oxygen atoms in total. The van der Waals surface area contributed by atoms with Crippen molar-refractivity contribution in [2.24, 2.45) is 0 Å². The molecule has 29 heavy (non-hydrogen) atoms. The first-order valence-electron chi connectivity index (χ1n) is 9.36. The number of hydrogen-bond acceptors (Lipinski definition) is 5. The molecule has 2 heterocycles. The molecule has 0 fully saturated rings. The second kappa shape index (κ2) is 8.49. The number of carbonyl (C=O) groups is 1. The third kappa shape index (κ3) is 4.32. The minimum absolute atomic E-state index is 0.0880. The van der Waals surface area contributed by atoms with Gasteiger partial charge in [0.15, 0.2) is 16.8 Å². The summed E-state index contributed by atoms with van der Waals surface area (Å²) in [7, 11) is 0. The van der Waals surface area contributed by atoms with E-state index in [2.05, 4.69) is 10.2 Å². The Morgan fingerprint density at radius 2 is 1.86 bits per heavy atom. The quantitative estimate of drug-likeness (QED) is 0.314. The zero-order valence-electron chi connectivity index (χ0n) is 16.3. The monoisotopic (exact) mass is 403 g/mol. The molecule has 0 N–H and O–H groups in total. The van der Waals surface area contributed by atoms with E-state index in [0.29, 0.717) is 17.5 Å². The van der Waals surface area contributed by atoms with Gasteiger partial charge in [-0.05, 0) is 37.6 Å². The van der Waals surface area contributed by atoms with Crippen molar-refractivity contribution in [2.75, 3.05) is 5.75 Å². The summed E-state index contributed by atoms with van der Waals surface area (Å²) in [5, 5.41) is 9.44. The molecule has 0 saturated heterocycles. The number of Topliss-reactive ketones (excluding diaryl/α,β-unsaturated/α-hetero) is 1. The van der Waals surface area contributed by atoms with Gasteiger partial charge in [0, 0.05) is 11.1 Å². The molecule has 0 bridgehead atoms. The van der Waals surface area contributed by atoms with Crippen molar-refractivity contribution in [1.29, 1.82) is 0 Å². The molecule has 0 aliphatic rings. The van der Waals surface area contributed by atoms with Crippen molar-refractivity contribution < 1.29 is 9.21 Å². The highest BCUT2D eigenvalue weighted by Gasteiger charge is 2.18. The largest absolute Gasteiger partial charge is 0.467 e. The Morgan fingerprint density at radius 1 is 1.03 bits per heavy atom. The number of furan rings is 1. The van der Waals surface area contributed by atoms with E-state index in [9.17, 15) is 4.79 Å². The van der Waals surface area contributed by atoms with Crippen LogP contribution in [0.3, 0.4) is 0 Å². The lowest BCUT2D eigenvalue weighted by Crippen LogP contribution is -2.08. The minimum Gasteiger partial charge on any atom is -0.467 e. The predicted octanol–water partition coefficient (Wildman–Crippen LogP) is 5.18. The number of hydrogen-bond donors (Lipinski definition) is 0. The van der Waals surface area contributed by atoms with Crippen molar-refractivity contribution in [3.8, 4) is 11.4 Å². The van der Waals surface area contributed by atoms with Gasteiger partial charge in [-0.15, -0.1) is 10.2 Å². The average molecular weight is 404 g/mol. The maximum absolute atomic E-state index is 12.8. The second-order valence-corrected chi connectivity index (χ2v) is 7.81. The van der Waals surface area contributed by atoms with E-state index in [4.69, 9.17) is 4.42 Å². The first-order valence-corrected chi connectivity index (χ1v) is 10.3. The number of thioether (sulfide) groups is 1. The number of rotatable bonds is 7. The van der Waals surface area contributed by atoms with Crippen LogP contribution in [0, 0.1) is 13.8 Å². The van der Waals surface area contributed by atoms with Gasteiger partial charge in [0.05, 0.1) is 18.6 Å². The Labute approximate surface area is 173 Å². The van der Waals surface area contributed by atoms with Crippen LogP contribution in [0.15, 0.2) is 76.5 Å². The molecule has 4 aromatic rings. The molecule has 6 heteroatoms. The van der Waals surface area contributed by atoms with Gasteiger partial charge in [0.2, 0.25) is 0 Å². The number of benzene rings is 2. The van der Waals surface area contributed by atoms with E-state index in [-0.39, 0.29) is 5.78 Å². The lowest BCUT2D eigenvalue weighted by Gasteiger charge is -2.09. The van der Waals surface area contributed by atoms with Gasteiger partial charge in [-0.2, -0.15) is 0 Å². The zero-order chi connectivity index (χ0) is 20.2. The van der Waals surface area contributed by atoms with E-state index in [1.807, 2.05) is 79.1 Å². The fraction of sp³-hybridized carbons (Fsp3) is 0.174. The Kier molecular flexibility index (Phi) is 5.62. The maximum Gasteiger partial charge on any atom is 0.192 e. The summed E-state index contributed by atoms with van der Waals surface area (Å²) in [4.78, 5) is 12.8. The van der Waals surface area contributed by atoms with Crippen LogP contribution in [0.25, 0.3) is 11.4 Å². The summed E-state index contributed by atoms with van der Waals surface area (Å²) >= 11 is 1.40. The normalized spacial score (nSPS) is 11.0. The van der Waals surface area contributed by atoms with Gasteiger partial charge in [0.25, 0.3) is 0 Å². The van der Waals surface area contributed by atoms with E-state index in [1.54, 1.807) is 6.26 Å². The lowest BCUT2D eigenvalue weighted by atomic mass is 10.0. The topological polar surface area (TPSA) is 60.9 Å². The van der Waals surface area contributed by atoms with Crippen LogP contribution in [0.4, 0.5) is 0 Å². The van der Waals surface area contributed by atoms with Gasteiger partial charge in [-0.1, -0.05) is 59.8 Å². The van der Waals surface area contributed by atoms with Gasteiger partial charge in [-0.25, -0.2) is 0 Å². The molecule has 0 spiro atoms. The molecule has 4 rings (SSSR count). The van der Waals surface area contributed by atoms with Crippen LogP contribution in [0.2, 0.25) is 0 Å². The Hall–Kier alpha value is -3.12. The molecule has 146 valence electrons. The first-order chi connectivity index (χ1) is 14.1. The number of aryl methyl sites for hydroxylation is 2. The molecule has 0 unspecified atom stereocenters. The predicted molar refractivity (Wildman–Crippen MR) is 114 cm³/mol. The summed E-state index contributed by atoms with van der Waals surface area (Å²) in [5.41, 5.74) is 3.80. The van der Waals surface area contributed by atoms with Gasteiger partial charge in [-0.3, -0.25) is 9.36 Å². The van der Waals surface area contributed by atoms with Crippen LogP contribution in [0.1, 0.15) is 27.2 Å². The summed E-state index contributed by atoms with van der Waals surface area (Å²) in [6, 6.07) is 19.6. The first kappa shape index (κ1) is 19.2. The summed E-state index contributed by atoms with van der Waals surface area (Å²) in [5.74, 6) is 1.95. The Balaban J connectivity index is 1.60. The number of aromatic nitrogens is 3. The van der Waals surface area contributed by atoms with Crippen molar-refractivity contribution in [1.82, 2.24) is 14.8 Å². The van der Waals surface area contributed by atoms with Gasteiger partial charge < -0.3 is 4.42 Å². The molecular weight excluding hydrogens is 382 g/mol. The Bertz CT molecular complexity index is 1120. The van der Waals surface area contributed by atoms with E-state index >= 15 is 0 Å². The van der Waals surface area contributed by atoms with E-state index < -0.39 is 0 Å². The van der Waals surface area contributed by atoms with Crippen LogP contribution in [-0.4, -0.2) is 26.3 Å². The fourth-order valence-electron chi connectivity index (χ4n) is 3.14. The van der Waals surface area contributed by atoms with Crippen LogP contribution in [-0.2, 0) is 6.54 Å². The summed E-state index contributed by atoms with van der Waals surface area (Å²) < 4.78 is 7.52. The second-order valence-electron chi connectivity index (χ2n) is 6.87. The van der Waals surface area contributed by atoms with Gasteiger partial charge >= 0.3 is 0 Å². The highest BCUT2D eigenvalue weighted by atomic mass is 32.2. The highest BCUT2D eigenvalue weighted by molar-refractivity contribution is 7.99. The Morgan fingerprint density at radius 3 is 2.62 bits per heavy atom. The lowest BCUT2D eigenvalue weighted by molar-refractivity contribution is 0.102. The molecule has 0 amide bonds. The summed E-state index contributed by atoms with van der Waals surface area (Å²) in [6.45, 7) is 4.46. The van der Waals surface area contributed by atoms with E-state index in [0.717, 1.165) is 33.8 Å². The maximum atomic E-state index is 12.8. The van der Waals surface area contributed by atoms with Crippen molar-refractivity contribution in [3.05, 3.63) is 89.4 Å². The molecule has 0 saturated carbocycles. The highest BCUT2D eigenvalue weighted by Crippen LogP contribution is 2.26. The summed E-state index contributed by atoms with van der Waals surface area (Å²) in [6.07, 6.45) is 1.65. The zero-order valence-corrected chi connectivity index (χ0v) is 17.1. The number of carbonyl (C=O) groups excluding carboxylic acids is 1. The van der Waals surface area contributed by atoms with Crippen molar-refractivity contribution >= 4 is 17.5 Å². The molecule has 2 aromatic carbocycles. The van der Waals surface area contributed by atoms with Crippen LogP contribution >= 0.6 is 11.8 Å². The van der Waals surface area contributed by atoms with Crippen LogP contribution in [0.5, 0.6) is 0 Å². The fourth-order valence-corrected chi connectivity index (χ4v) is 3.96. The third-order valence-corrected chi connectivity index (χ3v) is 5.64.